The van der Waals surface area contributed by atoms with Gasteiger partial charge in [0.1, 0.15) is 0 Å². The van der Waals surface area contributed by atoms with Crippen LogP contribution in [-0.4, -0.2) is 26.7 Å². The minimum absolute atomic E-state index is 0. The molecule has 6 nitrogen and oxygen atoms in total. The van der Waals surface area contributed by atoms with Gasteiger partial charge in [-0.05, 0) is 0 Å². The van der Waals surface area contributed by atoms with Crippen molar-refractivity contribution in [1.82, 2.24) is 0 Å². The second-order valence-electron chi connectivity index (χ2n) is 0.704. The Hall–Kier alpha value is -0.0500. The van der Waals surface area contributed by atoms with E-state index in [4.69, 9.17) is 5.11 Å². The van der Waals surface area contributed by atoms with Crippen LogP contribution < -0.4 is 0 Å². The van der Waals surface area contributed by atoms with Gasteiger partial charge >= 0.3 is 11.4 Å². The molecule has 1 rings (SSSR count). The molecule has 1 aliphatic heterocycles. The quantitative estimate of drug-likeness (QED) is 0.398. The average Bonchev–Trinajstić information content (AvgIpc) is 1.33. The van der Waals surface area contributed by atoms with Gasteiger partial charge in [0.05, 0.1) is 0 Å². The summed E-state index contributed by atoms with van der Waals surface area (Å²) in [5, 5.41) is 7.98. The molecule has 0 saturated carbocycles. The second kappa shape index (κ2) is 3.89. The third-order valence-electron chi connectivity index (χ3n) is 0.322. The van der Waals surface area contributed by atoms with Gasteiger partial charge in [0.25, 0.3) is 6.48 Å². The Balaban J connectivity index is 0. The van der Waals surface area contributed by atoms with Crippen LogP contribution in [0.3, 0.4) is 0 Å². The summed E-state index contributed by atoms with van der Waals surface area (Å²) in [6, 6.07) is 0. The van der Waals surface area contributed by atoms with E-state index in [1.165, 1.54) is 0 Å². The van der Waals surface area contributed by atoms with Gasteiger partial charge in [-0.3, -0.25) is 0 Å². The molecule has 1 heterocycles. The van der Waals surface area contributed by atoms with Crippen LogP contribution in [0, 0.1) is 0 Å². The zero-order valence-electron chi connectivity index (χ0n) is 3.66. The summed E-state index contributed by atoms with van der Waals surface area (Å²) in [7, 11) is 0. The molecule has 0 aromatic heterocycles. The van der Waals surface area contributed by atoms with Crippen molar-refractivity contribution in [2.75, 3.05) is 0 Å². The maximum absolute atomic E-state index is 9.62. The van der Waals surface area contributed by atoms with E-state index in [1.807, 2.05) is 0 Å². The van der Waals surface area contributed by atoms with Gasteiger partial charge in [-0.2, -0.15) is 4.21 Å². The Kier molecular flexibility index (Phi) is 5.28. The molecule has 0 spiro atoms. The molecule has 8 heavy (non-hydrogen) atoms. The lowest BCUT2D eigenvalue weighted by molar-refractivity contribution is -0.209. The van der Waals surface area contributed by atoms with Crippen molar-refractivity contribution in [3.05, 3.63) is 0 Å². The molecule has 1 saturated heterocycles. The number of aliphatic hydroxyl groups excluding tert-OH is 1. The highest BCUT2D eigenvalue weighted by Crippen LogP contribution is 2.08. The summed E-state index contributed by atoms with van der Waals surface area (Å²) >= 11 is -1.67. The fraction of sp³-hybridized carbons (Fsp3) is 1.00. The summed E-state index contributed by atoms with van der Waals surface area (Å²) in [6.45, 7) is -1.26. The highest BCUT2D eigenvalue weighted by molar-refractivity contribution is 7.76. The summed E-state index contributed by atoms with van der Waals surface area (Å²) in [5.41, 5.74) is 0. The number of rotatable bonds is 0. The molecule has 0 atom stereocenters. The molecule has 0 bridgehead atoms. The first-order chi connectivity index (χ1) is 2.79. The van der Waals surface area contributed by atoms with Gasteiger partial charge in [0.15, 0.2) is 0 Å². The summed E-state index contributed by atoms with van der Waals surface area (Å²) in [5.74, 6) is 0. The molecule has 5 N–H and O–H groups in total. The largest absolute Gasteiger partial charge is 0.412 e. The Bertz CT molecular complexity index is 72.6. The van der Waals surface area contributed by atoms with Crippen LogP contribution in [0.25, 0.3) is 0 Å². The van der Waals surface area contributed by atoms with Gasteiger partial charge in [-0.1, -0.05) is 0 Å². The first-order valence-corrected chi connectivity index (χ1v) is 2.23. The Labute approximate surface area is 47.5 Å². The van der Waals surface area contributed by atoms with E-state index in [2.05, 4.69) is 8.37 Å². The van der Waals surface area contributed by atoms with Crippen LogP contribution in [0.5, 0.6) is 0 Å². The molecule has 0 aromatic carbocycles. The van der Waals surface area contributed by atoms with E-state index in [1.54, 1.807) is 0 Å². The first kappa shape index (κ1) is 10.8. The smallest absolute Gasteiger partial charge is 0.313 e. The second-order valence-corrected chi connectivity index (χ2v) is 1.50. The van der Waals surface area contributed by atoms with Crippen molar-refractivity contribution in [3.63, 3.8) is 0 Å². The molecule has 7 heteroatoms. The van der Waals surface area contributed by atoms with Gasteiger partial charge in [0.2, 0.25) is 0 Å². The van der Waals surface area contributed by atoms with Crippen LogP contribution >= 0.6 is 0 Å². The summed E-state index contributed by atoms with van der Waals surface area (Å²) in [4.78, 5) is 0. The van der Waals surface area contributed by atoms with Crippen LogP contribution in [0.2, 0.25) is 0 Å². The molecular weight excluding hydrogens is 140 g/mol. The monoisotopic (exact) mass is 146 g/mol. The molecule has 52 valence electrons. The van der Waals surface area contributed by atoms with Crippen LogP contribution in [-0.2, 0) is 19.7 Å². The van der Waals surface area contributed by atoms with E-state index in [0.717, 1.165) is 0 Å². The van der Waals surface area contributed by atoms with Crippen molar-refractivity contribution in [3.8, 4) is 0 Å². The predicted molar refractivity (Wildman–Crippen MR) is 23.5 cm³/mol. The van der Waals surface area contributed by atoms with Crippen LogP contribution in [0.4, 0.5) is 0 Å². The predicted octanol–water partition coefficient (Wildman–Crippen LogP) is -2.76. The Morgan fingerprint density at radius 2 is 1.75 bits per heavy atom. The van der Waals surface area contributed by atoms with Gasteiger partial charge in [-0.15, -0.1) is 0 Å². The fourth-order valence-electron chi connectivity index (χ4n) is 0.142. The minimum Gasteiger partial charge on any atom is -0.412 e. The number of hydrogen-bond acceptors (Lipinski definition) is 4. The van der Waals surface area contributed by atoms with Crippen LogP contribution in [0.15, 0.2) is 0 Å². The van der Waals surface area contributed by atoms with Crippen molar-refractivity contribution in [2.45, 2.75) is 6.48 Å². The highest BCUT2D eigenvalue weighted by Gasteiger charge is 2.24. The van der Waals surface area contributed by atoms with Gasteiger partial charge < -0.3 is 16.1 Å². The molecule has 0 radical (unpaired) electrons. The summed E-state index contributed by atoms with van der Waals surface area (Å²) in [6.07, 6.45) is 0. The topological polar surface area (TPSA) is 119 Å². The highest BCUT2D eigenvalue weighted by atomic mass is 32.2. The van der Waals surface area contributed by atoms with E-state index in [-0.39, 0.29) is 11.0 Å². The third kappa shape index (κ3) is 2.31. The molecular formula is CH6O6S. The van der Waals surface area contributed by atoms with Crippen molar-refractivity contribution in [2.24, 2.45) is 0 Å². The van der Waals surface area contributed by atoms with E-state index in [9.17, 15) is 4.21 Å². The van der Waals surface area contributed by atoms with Gasteiger partial charge in [0, 0.05) is 0 Å². The summed E-state index contributed by atoms with van der Waals surface area (Å²) < 4.78 is 17.5. The first-order valence-electron chi connectivity index (χ1n) is 1.23. The lowest BCUT2D eigenvalue weighted by Gasteiger charge is -2.16. The maximum atomic E-state index is 9.62. The molecule has 0 amide bonds. The van der Waals surface area contributed by atoms with Crippen molar-refractivity contribution in [1.29, 1.82) is 0 Å². The van der Waals surface area contributed by atoms with Gasteiger partial charge in [-0.25, -0.2) is 8.37 Å². The van der Waals surface area contributed by atoms with Crippen LogP contribution in [0.1, 0.15) is 0 Å². The fourth-order valence-corrected chi connectivity index (χ4v) is 0.425. The normalized spacial score (nSPS) is 33.6. The molecule has 1 aliphatic rings. The minimum atomic E-state index is -1.67. The third-order valence-corrected chi connectivity index (χ3v) is 0.965. The van der Waals surface area contributed by atoms with Crippen molar-refractivity contribution >= 4 is 11.4 Å². The van der Waals surface area contributed by atoms with E-state index >= 15 is 0 Å². The lowest BCUT2D eigenvalue weighted by Crippen LogP contribution is -2.30. The number of hydrogen-bond donors (Lipinski definition) is 1. The van der Waals surface area contributed by atoms with Crippen molar-refractivity contribution < 1.29 is 28.6 Å². The molecule has 0 aliphatic carbocycles. The lowest BCUT2D eigenvalue weighted by atomic mass is 11.4. The number of aliphatic hydroxyl groups is 1. The zero-order chi connectivity index (χ0) is 4.57. The SMILES string of the molecule is O.O.O=S1OC(O)O1. The Morgan fingerprint density at radius 3 is 1.75 bits per heavy atom. The van der Waals surface area contributed by atoms with E-state index in [0.29, 0.717) is 0 Å². The Morgan fingerprint density at radius 1 is 1.38 bits per heavy atom. The standard InChI is InChI=1S/CH2O4S.2H2O/c2-1-4-6(3)5-1;;/h1-2H;2*1H2. The van der Waals surface area contributed by atoms with E-state index < -0.39 is 17.8 Å². The molecule has 0 unspecified atom stereocenters. The molecule has 0 aromatic rings. The zero-order valence-corrected chi connectivity index (χ0v) is 4.47. The maximum Gasteiger partial charge on any atom is 0.313 e. The molecule has 1 fully saturated rings. The average molecular weight is 146 g/mol.